The first kappa shape index (κ1) is 14.0. The van der Waals surface area contributed by atoms with Crippen molar-refractivity contribution in [1.29, 1.82) is 0 Å². The number of rotatable bonds is 3. The van der Waals surface area contributed by atoms with Gasteiger partial charge < -0.3 is 14.8 Å². The Bertz CT molecular complexity index is 481. The van der Waals surface area contributed by atoms with Gasteiger partial charge in [0, 0.05) is 0 Å². The van der Waals surface area contributed by atoms with E-state index >= 15 is 0 Å². The summed E-state index contributed by atoms with van der Waals surface area (Å²) in [4.78, 5) is 24.9. The predicted molar refractivity (Wildman–Crippen MR) is 50.8 cm³/mol. The van der Waals surface area contributed by atoms with Crippen LogP contribution in [0.2, 0.25) is 0 Å². The number of nitrogens with one attached hydrogen (secondary N) is 1. The number of amides is 1. The van der Waals surface area contributed by atoms with E-state index in [0.717, 1.165) is 0 Å². The van der Waals surface area contributed by atoms with E-state index in [-0.39, 0.29) is 11.6 Å². The van der Waals surface area contributed by atoms with Gasteiger partial charge in [-0.1, -0.05) is 0 Å². The molecule has 0 fully saturated rings. The minimum Gasteiger partial charge on any atom is -0.475 e. The van der Waals surface area contributed by atoms with E-state index in [0.29, 0.717) is 0 Å². The molecule has 18 heavy (non-hydrogen) atoms. The van der Waals surface area contributed by atoms with Crippen molar-refractivity contribution in [2.24, 2.45) is 0 Å². The number of nitrogens with zero attached hydrogens (tertiary/aromatic N) is 1. The highest BCUT2D eigenvalue weighted by atomic mass is 19.4. The van der Waals surface area contributed by atoms with Gasteiger partial charge >= 0.3 is 18.1 Å². The monoisotopic (exact) mass is 266 g/mol. The second-order valence-electron chi connectivity index (χ2n) is 3.46. The van der Waals surface area contributed by atoms with Crippen LogP contribution in [-0.2, 0) is 4.79 Å². The lowest BCUT2D eigenvalue weighted by Gasteiger charge is -2.11. The number of halogens is 3. The molecular weight excluding hydrogens is 257 g/mol. The molecule has 0 aliphatic carbocycles. The number of carboxylic acid groups (broad SMARTS) is 1. The van der Waals surface area contributed by atoms with Crippen molar-refractivity contribution in [2.75, 3.05) is 0 Å². The Kier molecular flexibility index (Phi) is 3.63. The van der Waals surface area contributed by atoms with Crippen LogP contribution in [0.1, 0.15) is 35.1 Å². The van der Waals surface area contributed by atoms with Gasteiger partial charge in [-0.15, -0.1) is 0 Å². The van der Waals surface area contributed by atoms with Crippen molar-refractivity contribution in [2.45, 2.75) is 26.1 Å². The molecule has 0 saturated carbocycles. The smallest absolute Gasteiger partial charge is 0.471 e. The molecule has 0 spiro atoms. The van der Waals surface area contributed by atoms with E-state index in [2.05, 4.69) is 4.98 Å². The highest BCUT2D eigenvalue weighted by molar-refractivity contribution is 5.85. The molecule has 0 radical (unpaired) electrons. The first-order chi connectivity index (χ1) is 8.12. The number of alkyl halides is 3. The van der Waals surface area contributed by atoms with Crippen LogP contribution >= 0.6 is 0 Å². The molecule has 1 rings (SSSR count). The van der Waals surface area contributed by atoms with Crippen LogP contribution in [0, 0.1) is 6.92 Å². The average Bonchev–Trinajstić information content (AvgIpc) is 2.58. The normalized spacial score (nSPS) is 13.2. The van der Waals surface area contributed by atoms with E-state index in [9.17, 15) is 22.8 Å². The summed E-state index contributed by atoms with van der Waals surface area (Å²) in [6.07, 6.45) is -5.02. The molecule has 0 saturated heterocycles. The maximum atomic E-state index is 12.0. The average molecular weight is 266 g/mol. The van der Waals surface area contributed by atoms with E-state index in [1.54, 1.807) is 5.32 Å². The molecule has 1 atom stereocenters. The van der Waals surface area contributed by atoms with Crippen LogP contribution < -0.4 is 5.32 Å². The maximum Gasteiger partial charge on any atom is 0.471 e. The van der Waals surface area contributed by atoms with Gasteiger partial charge in [-0.2, -0.15) is 13.2 Å². The minimum absolute atomic E-state index is 0.0191. The Labute approximate surface area is 98.8 Å². The second kappa shape index (κ2) is 4.67. The molecule has 1 heterocycles. The zero-order valence-corrected chi connectivity index (χ0v) is 9.33. The molecule has 1 aromatic heterocycles. The van der Waals surface area contributed by atoms with E-state index in [1.807, 2.05) is 0 Å². The van der Waals surface area contributed by atoms with Crippen LogP contribution in [0.25, 0.3) is 0 Å². The first-order valence-corrected chi connectivity index (χ1v) is 4.71. The second-order valence-corrected chi connectivity index (χ2v) is 3.46. The molecule has 2 N–H and O–H groups in total. The molecule has 1 unspecified atom stereocenters. The Morgan fingerprint density at radius 2 is 2.00 bits per heavy atom. The molecule has 100 valence electrons. The van der Waals surface area contributed by atoms with Gasteiger partial charge in [0.1, 0.15) is 6.04 Å². The highest BCUT2D eigenvalue weighted by Crippen LogP contribution is 2.20. The lowest BCUT2D eigenvalue weighted by atomic mass is 10.3. The zero-order chi connectivity index (χ0) is 14.1. The standard InChI is InChI=1S/C9H9F3N2O4/c1-3-5(7(15)16)18-6(13-3)4(2)14-8(17)9(10,11)12/h4H,1-2H3,(H,14,17)(H,15,16). The van der Waals surface area contributed by atoms with Gasteiger partial charge in [-0.05, 0) is 13.8 Å². The number of aryl methyl sites for hydroxylation is 1. The van der Waals surface area contributed by atoms with Crippen LogP contribution in [-0.4, -0.2) is 28.1 Å². The number of carbonyl (C=O) groups excluding carboxylic acids is 1. The molecular formula is C9H9F3N2O4. The molecule has 1 aromatic rings. The van der Waals surface area contributed by atoms with E-state index < -0.39 is 29.9 Å². The zero-order valence-electron chi connectivity index (χ0n) is 9.33. The highest BCUT2D eigenvalue weighted by Gasteiger charge is 2.40. The summed E-state index contributed by atoms with van der Waals surface area (Å²) in [6.45, 7) is 2.52. The topological polar surface area (TPSA) is 92.4 Å². The summed E-state index contributed by atoms with van der Waals surface area (Å²) < 4.78 is 40.7. The molecule has 9 heteroatoms. The Balaban J connectivity index is 2.86. The number of aromatic nitrogens is 1. The van der Waals surface area contributed by atoms with Gasteiger partial charge in [-0.3, -0.25) is 4.79 Å². The number of aromatic carboxylic acids is 1. The van der Waals surface area contributed by atoms with Gasteiger partial charge in [0.25, 0.3) is 0 Å². The number of hydrogen-bond donors (Lipinski definition) is 2. The molecule has 0 aliphatic rings. The summed E-state index contributed by atoms with van der Waals surface area (Å²) in [7, 11) is 0. The molecule has 6 nitrogen and oxygen atoms in total. The van der Waals surface area contributed by atoms with Crippen molar-refractivity contribution in [3.05, 3.63) is 17.3 Å². The molecule has 0 aromatic carbocycles. The summed E-state index contributed by atoms with van der Waals surface area (Å²) in [5.41, 5.74) is 0.0191. The lowest BCUT2D eigenvalue weighted by molar-refractivity contribution is -0.174. The predicted octanol–water partition coefficient (Wildman–Crippen LogP) is 1.42. The number of oxazole rings is 1. The Morgan fingerprint density at radius 1 is 1.44 bits per heavy atom. The van der Waals surface area contributed by atoms with Crippen LogP contribution in [0.15, 0.2) is 4.42 Å². The summed E-state index contributed by atoms with van der Waals surface area (Å²) in [5, 5.41) is 10.3. The Hall–Kier alpha value is -2.06. The van der Waals surface area contributed by atoms with Gasteiger partial charge in [0.15, 0.2) is 0 Å². The third kappa shape index (κ3) is 2.99. The van der Waals surface area contributed by atoms with Gasteiger partial charge in [0.2, 0.25) is 11.7 Å². The Morgan fingerprint density at radius 3 is 2.39 bits per heavy atom. The van der Waals surface area contributed by atoms with Crippen LogP contribution in [0.5, 0.6) is 0 Å². The fourth-order valence-electron chi connectivity index (χ4n) is 1.14. The summed E-state index contributed by atoms with van der Waals surface area (Å²) >= 11 is 0. The number of carboxylic acids is 1. The van der Waals surface area contributed by atoms with E-state index in [1.165, 1.54) is 13.8 Å². The summed E-state index contributed by atoms with van der Waals surface area (Å²) in [6, 6.07) is -1.19. The third-order valence-corrected chi connectivity index (χ3v) is 1.98. The fraction of sp³-hybridized carbons (Fsp3) is 0.444. The SMILES string of the molecule is Cc1nc(C(C)NC(=O)C(F)(F)F)oc1C(=O)O. The minimum atomic E-state index is -5.02. The van der Waals surface area contributed by atoms with Crippen LogP contribution in [0.3, 0.4) is 0 Å². The molecule has 1 amide bonds. The van der Waals surface area contributed by atoms with Crippen molar-refractivity contribution < 1.29 is 32.3 Å². The van der Waals surface area contributed by atoms with E-state index in [4.69, 9.17) is 9.52 Å². The van der Waals surface area contributed by atoms with Gasteiger partial charge in [0.05, 0.1) is 5.69 Å². The molecule has 0 aliphatic heterocycles. The largest absolute Gasteiger partial charge is 0.475 e. The van der Waals surface area contributed by atoms with Crippen molar-refractivity contribution in [3.8, 4) is 0 Å². The fourth-order valence-corrected chi connectivity index (χ4v) is 1.14. The third-order valence-electron chi connectivity index (χ3n) is 1.98. The lowest BCUT2D eigenvalue weighted by Crippen LogP contribution is -2.38. The number of carbonyl (C=O) groups is 2. The van der Waals surface area contributed by atoms with Crippen molar-refractivity contribution in [1.82, 2.24) is 10.3 Å². The van der Waals surface area contributed by atoms with Crippen LogP contribution in [0.4, 0.5) is 13.2 Å². The summed E-state index contributed by atoms with van der Waals surface area (Å²) in [5.74, 6) is -4.32. The maximum absolute atomic E-state index is 12.0. The van der Waals surface area contributed by atoms with Crippen molar-refractivity contribution >= 4 is 11.9 Å². The van der Waals surface area contributed by atoms with Crippen molar-refractivity contribution in [3.63, 3.8) is 0 Å². The van der Waals surface area contributed by atoms with Gasteiger partial charge in [-0.25, -0.2) is 9.78 Å². The first-order valence-electron chi connectivity index (χ1n) is 4.71. The quantitative estimate of drug-likeness (QED) is 0.863. The number of hydrogen-bond acceptors (Lipinski definition) is 4. The molecule has 0 bridgehead atoms.